The van der Waals surface area contributed by atoms with Crippen LogP contribution in [-0.2, 0) is 10.0 Å². The summed E-state index contributed by atoms with van der Waals surface area (Å²) >= 11 is 0. The van der Waals surface area contributed by atoms with E-state index in [9.17, 15) is 8.42 Å². The fraction of sp³-hybridized carbons (Fsp3) is 0.471. The molecule has 2 heterocycles. The van der Waals surface area contributed by atoms with Crippen molar-refractivity contribution in [3.63, 3.8) is 0 Å². The summed E-state index contributed by atoms with van der Waals surface area (Å²) in [6.45, 7) is 0.530. The van der Waals surface area contributed by atoms with Gasteiger partial charge in [0.15, 0.2) is 5.76 Å². The Bertz CT molecular complexity index is 783. The first kappa shape index (κ1) is 17.0. The van der Waals surface area contributed by atoms with Gasteiger partial charge in [-0.25, -0.2) is 8.42 Å². The van der Waals surface area contributed by atoms with E-state index in [-0.39, 0.29) is 6.04 Å². The van der Waals surface area contributed by atoms with Gasteiger partial charge in [-0.3, -0.25) is 0 Å². The Hall–Kier alpha value is -1.86. The molecular weight excluding hydrogens is 328 g/mol. The summed E-state index contributed by atoms with van der Waals surface area (Å²) in [6.07, 6.45) is 4.90. The predicted octanol–water partition coefficient (Wildman–Crippen LogP) is 3.23. The molecule has 0 aliphatic carbocycles. The van der Waals surface area contributed by atoms with Crippen LogP contribution >= 0.6 is 0 Å². The Morgan fingerprint density at radius 3 is 2.62 bits per heavy atom. The van der Waals surface area contributed by atoms with E-state index in [1.165, 1.54) is 10.6 Å². The van der Waals surface area contributed by atoms with Crippen LogP contribution in [0.4, 0.5) is 0 Å². The van der Waals surface area contributed by atoms with Gasteiger partial charge in [0, 0.05) is 18.2 Å². The third-order valence-corrected chi connectivity index (χ3v) is 5.66. The highest BCUT2D eigenvalue weighted by molar-refractivity contribution is 7.88. The van der Waals surface area contributed by atoms with E-state index >= 15 is 0 Å². The van der Waals surface area contributed by atoms with E-state index in [4.69, 9.17) is 9.26 Å². The van der Waals surface area contributed by atoms with Gasteiger partial charge in [0.2, 0.25) is 10.0 Å². The Morgan fingerprint density at radius 1 is 1.21 bits per heavy atom. The lowest BCUT2D eigenvalue weighted by Crippen LogP contribution is -2.33. The maximum absolute atomic E-state index is 12.1. The quantitative estimate of drug-likeness (QED) is 0.846. The molecule has 0 amide bonds. The van der Waals surface area contributed by atoms with Crippen LogP contribution in [-0.4, -0.2) is 37.8 Å². The lowest BCUT2D eigenvalue weighted by atomic mass is 10.1. The van der Waals surface area contributed by atoms with Gasteiger partial charge in [-0.2, -0.15) is 4.31 Å². The Balaban J connectivity index is 1.89. The standard InChI is InChI=1S/C17H22N2O4S/c1-22-14-9-7-13(8-10-14)15-12-17(23-18-15)16-6-4-3-5-11-19(16)24(2,20)21/h7-10,12,16H,3-6,11H2,1-2H3/t16-/m0/s1. The van der Waals surface area contributed by atoms with Crippen molar-refractivity contribution in [2.45, 2.75) is 31.7 Å². The number of nitrogens with zero attached hydrogens (tertiary/aromatic N) is 2. The van der Waals surface area contributed by atoms with Gasteiger partial charge >= 0.3 is 0 Å². The molecule has 0 N–H and O–H groups in total. The highest BCUT2D eigenvalue weighted by Gasteiger charge is 2.32. The zero-order valence-electron chi connectivity index (χ0n) is 13.9. The molecule has 2 aromatic rings. The van der Waals surface area contributed by atoms with Crippen LogP contribution in [0, 0.1) is 0 Å². The zero-order chi connectivity index (χ0) is 17.2. The van der Waals surface area contributed by atoms with Crippen molar-refractivity contribution in [1.29, 1.82) is 0 Å². The summed E-state index contributed by atoms with van der Waals surface area (Å²) in [4.78, 5) is 0. The second-order valence-electron chi connectivity index (χ2n) is 6.08. The van der Waals surface area contributed by atoms with Crippen molar-refractivity contribution in [3.8, 4) is 17.0 Å². The van der Waals surface area contributed by atoms with Gasteiger partial charge in [0.25, 0.3) is 0 Å². The van der Waals surface area contributed by atoms with Crippen LogP contribution in [0.15, 0.2) is 34.9 Å². The minimum Gasteiger partial charge on any atom is -0.497 e. The predicted molar refractivity (Wildman–Crippen MR) is 91.2 cm³/mol. The number of rotatable bonds is 4. The lowest BCUT2D eigenvalue weighted by Gasteiger charge is -2.25. The van der Waals surface area contributed by atoms with E-state index in [1.54, 1.807) is 7.11 Å². The van der Waals surface area contributed by atoms with Gasteiger partial charge in [-0.15, -0.1) is 0 Å². The summed E-state index contributed by atoms with van der Waals surface area (Å²) < 4.78 is 36.4. The molecule has 1 aromatic carbocycles. The molecule has 1 aliphatic rings. The van der Waals surface area contributed by atoms with Crippen molar-refractivity contribution in [2.75, 3.05) is 19.9 Å². The minimum absolute atomic E-state index is 0.276. The smallest absolute Gasteiger partial charge is 0.211 e. The van der Waals surface area contributed by atoms with Crippen molar-refractivity contribution >= 4 is 10.0 Å². The second-order valence-corrected chi connectivity index (χ2v) is 8.02. The van der Waals surface area contributed by atoms with E-state index < -0.39 is 10.0 Å². The molecule has 0 spiro atoms. The normalized spacial score (nSPS) is 19.8. The number of benzene rings is 1. The number of ether oxygens (including phenoxy) is 1. The van der Waals surface area contributed by atoms with Gasteiger partial charge in [-0.1, -0.05) is 18.0 Å². The summed E-state index contributed by atoms with van der Waals surface area (Å²) in [5, 5.41) is 4.13. The molecule has 24 heavy (non-hydrogen) atoms. The monoisotopic (exact) mass is 350 g/mol. The number of sulfonamides is 1. The fourth-order valence-electron chi connectivity index (χ4n) is 3.11. The molecule has 3 rings (SSSR count). The molecule has 1 aliphatic heterocycles. The Kier molecular flexibility index (Phi) is 4.91. The van der Waals surface area contributed by atoms with Crippen molar-refractivity contribution < 1.29 is 17.7 Å². The maximum Gasteiger partial charge on any atom is 0.211 e. The minimum atomic E-state index is -3.28. The largest absolute Gasteiger partial charge is 0.497 e. The van der Waals surface area contributed by atoms with Crippen LogP contribution in [0.25, 0.3) is 11.3 Å². The SMILES string of the molecule is COc1ccc(-c2cc([C@@H]3CCCCCN3S(C)(=O)=O)on2)cc1. The van der Waals surface area contributed by atoms with Gasteiger partial charge in [0.1, 0.15) is 11.4 Å². The molecule has 130 valence electrons. The maximum atomic E-state index is 12.1. The number of methoxy groups -OCH3 is 1. The number of hydrogen-bond donors (Lipinski definition) is 0. The van der Waals surface area contributed by atoms with Crippen molar-refractivity contribution in [1.82, 2.24) is 9.46 Å². The molecule has 1 saturated heterocycles. The average Bonchev–Trinajstić information content (AvgIpc) is 2.91. The molecule has 6 nitrogen and oxygen atoms in total. The van der Waals surface area contributed by atoms with Crippen molar-refractivity contribution in [3.05, 3.63) is 36.1 Å². The highest BCUT2D eigenvalue weighted by atomic mass is 32.2. The van der Waals surface area contributed by atoms with Gasteiger partial charge in [-0.05, 0) is 37.1 Å². The Labute approximate surface area is 142 Å². The van der Waals surface area contributed by atoms with Crippen LogP contribution in [0.1, 0.15) is 37.5 Å². The van der Waals surface area contributed by atoms with Gasteiger partial charge in [0.05, 0.1) is 19.4 Å². The molecule has 0 saturated carbocycles. The number of aromatic nitrogens is 1. The van der Waals surface area contributed by atoms with Crippen molar-refractivity contribution in [2.24, 2.45) is 0 Å². The van der Waals surface area contributed by atoms with E-state index in [0.29, 0.717) is 18.0 Å². The molecule has 1 aromatic heterocycles. The molecule has 0 unspecified atom stereocenters. The van der Waals surface area contributed by atoms with Crippen LogP contribution in [0.5, 0.6) is 5.75 Å². The van der Waals surface area contributed by atoms with E-state index in [0.717, 1.165) is 37.0 Å². The number of hydrogen-bond acceptors (Lipinski definition) is 5. The molecule has 7 heteroatoms. The first-order chi connectivity index (χ1) is 11.5. The summed E-state index contributed by atoms with van der Waals surface area (Å²) in [7, 11) is -1.66. The molecule has 0 radical (unpaired) electrons. The Morgan fingerprint density at radius 2 is 1.96 bits per heavy atom. The summed E-state index contributed by atoms with van der Waals surface area (Å²) in [5.41, 5.74) is 1.61. The average molecular weight is 350 g/mol. The second kappa shape index (κ2) is 6.94. The summed E-state index contributed by atoms with van der Waals surface area (Å²) in [6, 6.07) is 9.10. The first-order valence-corrected chi connectivity index (χ1v) is 9.92. The topological polar surface area (TPSA) is 72.6 Å². The molecule has 0 bridgehead atoms. The molecule has 1 fully saturated rings. The van der Waals surface area contributed by atoms with Crippen LogP contribution in [0.2, 0.25) is 0 Å². The fourth-order valence-corrected chi connectivity index (χ4v) is 4.24. The van der Waals surface area contributed by atoms with Gasteiger partial charge < -0.3 is 9.26 Å². The van der Waals surface area contributed by atoms with Crippen LogP contribution in [0.3, 0.4) is 0 Å². The third kappa shape index (κ3) is 3.62. The third-order valence-electron chi connectivity index (χ3n) is 4.37. The van der Waals surface area contributed by atoms with Crippen LogP contribution < -0.4 is 4.74 Å². The summed E-state index contributed by atoms with van der Waals surface area (Å²) in [5.74, 6) is 1.38. The van der Waals surface area contributed by atoms with E-state index in [2.05, 4.69) is 5.16 Å². The molecular formula is C17H22N2O4S. The lowest BCUT2D eigenvalue weighted by molar-refractivity contribution is 0.260. The van der Waals surface area contributed by atoms with E-state index in [1.807, 2.05) is 30.3 Å². The highest BCUT2D eigenvalue weighted by Crippen LogP contribution is 2.34. The first-order valence-electron chi connectivity index (χ1n) is 8.07. The zero-order valence-corrected chi connectivity index (χ0v) is 14.8. The molecule has 1 atom stereocenters.